The van der Waals surface area contributed by atoms with Crippen LogP contribution in [0.2, 0.25) is 0 Å². The number of carbonyl (C=O) groups is 5. The molecule has 0 aromatic carbocycles. The Morgan fingerprint density at radius 3 is 2.06 bits per heavy atom. The zero-order chi connectivity index (χ0) is 36.7. The van der Waals surface area contributed by atoms with E-state index < -0.39 is 73.2 Å². The minimum atomic E-state index is -3.56. The van der Waals surface area contributed by atoms with Gasteiger partial charge in [0.1, 0.15) is 12.1 Å². The first-order valence-corrected chi connectivity index (χ1v) is 20.0. The molecule has 0 aromatic rings. The number of urea groups is 1. The molecular formula is C36H61N5O7S. The van der Waals surface area contributed by atoms with Gasteiger partial charge in [0.15, 0.2) is 9.84 Å². The second kappa shape index (κ2) is 14.1. The molecule has 0 radical (unpaired) electrons. The van der Waals surface area contributed by atoms with Gasteiger partial charge in [0, 0.05) is 12.6 Å². The summed E-state index contributed by atoms with van der Waals surface area (Å²) in [5.41, 5.74) is -1.90. The lowest BCUT2D eigenvalue weighted by Crippen LogP contribution is -2.64. The van der Waals surface area contributed by atoms with Crippen molar-refractivity contribution in [1.82, 2.24) is 26.2 Å². The van der Waals surface area contributed by atoms with Crippen molar-refractivity contribution in [3.05, 3.63) is 0 Å². The van der Waals surface area contributed by atoms with Crippen LogP contribution in [0.15, 0.2) is 0 Å². The summed E-state index contributed by atoms with van der Waals surface area (Å²) in [5.74, 6) is -2.50. The molecule has 4 N–H and O–H groups in total. The van der Waals surface area contributed by atoms with E-state index in [4.69, 9.17) is 0 Å². The molecule has 4 aliphatic rings. The zero-order valence-electron chi connectivity index (χ0n) is 31.2. The van der Waals surface area contributed by atoms with Crippen molar-refractivity contribution in [3.8, 4) is 0 Å². The number of hydrogen-bond donors (Lipinski definition) is 4. The number of rotatable bonds is 13. The molecule has 1 heterocycles. The summed E-state index contributed by atoms with van der Waals surface area (Å²) in [4.78, 5) is 69.7. The molecule has 278 valence electrons. The highest BCUT2D eigenvalue weighted by atomic mass is 32.2. The fourth-order valence-electron chi connectivity index (χ4n) is 7.73. The van der Waals surface area contributed by atoms with Crippen LogP contribution in [-0.2, 0) is 29.0 Å². The topological polar surface area (TPSA) is 171 Å². The number of piperidine rings is 1. The van der Waals surface area contributed by atoms with Gasteiger partial charge in [-0.25, -0.2) is 13.2 Å². The number of fused-ring (bicyclic) bond motifs is 1. The van der Waals surface area contributed by atoms with Crippen molar-refractivity contribution < 1.29 is 32.4 Å². The van der Waals surface area contributed by atoms with Gasteiger partial charge in [-0.15, -0.1) is 0 Å². The minimum absolute atomic E-state index is 0.00450. The summed E-state index contributed by atoms with van der Waals surface area (Å²) in [6.45, 7) is 16.9. The van der Waals surface area contributed by atoms with Gasteiger partial charge in [-0.2, -0.15) is 0 Å². The van der Waals surface area contributed by atoms with Gasteiger partial charge >= 0.3 is 6.03 Å². The smallest absolute Gasteiger partial charge is 0.315 e. The van der Waals surface area contributed by atoms with Crippen LogP contribution in [0.4, 0.5) is 4.79 Å². The molecule has 0 spiro atoms. The standard InChI is InChI=1S/C36H61N5O7S/c1-10-11-15-24(27(42)30(44)37-22-16-17-22)38-29(43)26-25-23(35(25,8)9)20-41(26)31(45)28(33(2,3)4)39-32(46)40-36(18-13-12-14-19-36)21-49(47,48)34(5,6)7/h22-26,28H,10-21H2,1-9H3,(H,37,44)(H,38,43)(H2,39,40,46)/t23-,24-,25?,26-,28+/m0/s1. The molecule has 1 saturated heterocycles. The summed E-state index contributed by atoms with van der Waals surface area (Å²) in [7, 11) is -3.56. The van der Waals surface area contributed by atoms with Crippen LogP contribution in [-0.4, -0.2) is 89.6 Å². The number of sulfone groups is 1. The van der Waals surface area contributed by atoms with Crippen LogP contribution in [0.25, 0.3) is 0 Å². The fraction of sp³-hybridized carbons (Fsp3) is 0.861. The first-order valence-electron chi connectivity index (χ1n) is 18.3. The first-order chi connectivity index (χ1) is 22.5. The average molecular weight is 708 g/mol. The zero-order valence-corrected chi connectivity index (χ0v) is 32.0. The van der Waals surface area contributed by atoms with Crippen LogP contribution in [0.1, 0.15) is 127 Å². The molecule has 5 amide bonds. The Balaban J connectivity index is 1.54. The number of carbonyl (C=O) groups excluding carboxylic acids is 5. The molecule has 4 fully saturated rings. The maximum atomic E-state index is 14.5. The normalized spacial score (nSPS) is 25.7. The molecule has 0 aromatic heterocycles. The highest BCUT2D eigenvalue weighted by Crippen LogP contribution is 2.65. The maximum Gasteiger partial charge on any atom is 0.315 e. The molecular weight excluding hydrogens is 646 g/mol. The molecule has 3 aliphatic carbocycles. The van der Waals surface area contributed by atoms with Crippen molar-refractivity contribution in [1.29, 1.82) is 0 Å². The van der Waals surface area contributed by atoms with Gasteiger partial charge in [0.2, 0.25) is 17.6 Å². The number of nitrogens with zero attached hydrogens (tertiary/aromatic N) is 1. The van der Waals surface area contributed by atoms with Crippen molar-refractivity contribution in [2.45, 2.75) is 161 Å². The largest absolute Gasteiger partial charge is 0.347 e. The van der Waals surface area contributed by atoms with Crippen LogP contribution < -0.4 is 21.3 Å². The molecule has 5 atom stereocenters. The van der Waals surface area contributed by atoms with Crippen LogP contribution in [0.5, 0.6) is 0 Å². The molecule has 13 heteroatoms. The van der Waals surface area contributed by atoms with Gasteiger partial charge in [-0.1, -0.05) is 73.6 Å². The SMILES string of the molecule is CCCC[C@H](NC(=O)[C@@H]1C2[C@H](CN1C(=O)[C@@H](NC(=O)NC1(CS(=O)(=O)C(C)(C)C)CCCCC1)C(C)(C)C)C2(C)C)C(=O)C(=O)NC1CC1. The lowest BCUT2D eigenvalue weighted by Gasteiger charge is -2.41. The third-order valence-electron chi connectivity index (χ3n) is 11.4. The van der Waals surface area contributed by atoms with Crippen LogP contribution >= 0.6 is 0 Å². The monoisotopic (exact) mass is 707 g/mol. The quantitative estimate of drug-likeness (QED) is 0.212. The molecule has 49 heavy (non-hydrogen) atoms. The Labute approximate surface area is 293 Å². The molecule has 1 unspecified atom stereocenters. The summed E-state index contributed by atoms with van der Waals surface area (Å²) in [5, 5.41) is 11.5. The summed E-state index contributed by atoms with van der Waals surface area (Å²) < 4.78 is 25.6. The summed E-state index contributed by atoms with van der Waals surface area (Å²) in [6, 6.07) is -3.50. The fourth-order valence-corrected chi connectivity index (χ4v) is 9.25. The lowest BCUT2D eigenvalue weighted by molar-refractivity contribution is -0.145. The predicted octanol–water partition coefficient (Wildman–Crippen LogP) is 3.62. The van der Waals surface area contributed by atoms with E-state index in [1.165, 1.54) is 4.90 Å². The van der Waals surface area contributed by atoms with Crippen molar-refractivity contribution in [2.24, 2.45) is 22.7 Å². The third kappa shape index (κ3) is 8.79. The Morgan fingerprint density at radius 2 is 1.53 bits per heavy atom. The Bertz CT molecular complexity index is 1400. The molecule has 3 saturated carbocycles. The lowest BCUT2D eigenvalue weighted by atomic mass is 9.83. The van der Waals surface area contributed by atoms with E-state index >= 15 is 0 Å². The number of nitrogens with one attached hydrogen (secondary N) is 4. The second-order valence-corrected chi connectivity index (χ2v) is 20.6. The van der Waals surface area contributed by atoms with Gasteiger partial charge in [0.05, 0.1) is 22.1 Å². The number of Topliss-reactive ketones (excluding diaryl/α,β-unsaturated/α-hetero) is 1. The molecule has 1 aliphatic heterocycles. The first kappa shape index (κ1) is 39.1. The van der Waals surface area contributed by atoms with Gasteiger partial charge in [0.25, 0.3) is 5.91 Å². The number of hydrogen-bond acceptors (Lipinski definition) is 7. The molecule has 4 rings (SSSR count). The van der Waals surface area contributed by atoms with E-state index in [2.05, 4.69) is 35.1 Å². The Kier molecular flexibility index (Phi) is 11.3. The number of amides is 5. The van der Waals surface area contributed by atoms with Crippen molar-refractivity contribution in [3.63, 3.8) is 0 Å². The molecule has 12 nitrogen and oxygen atoms in total. The van der Waals surface area contributed by atoms with E-state index in [1.807, 2.05) is 27.7 Å². The molecule has 0 bridgehead atoms. The van der Waals surface area contributed by atoms with Crippen molar-refractivity contribution >= 4 is 39.4 Å². The number of ketones is 1. The van der Waals surface area contributed by atoms with E-state index in [-0.39, 0.29) is 29.0 Å². The average Bonchev–Trinajstić information content (AvgIpc) is 3.83. The van der Waals surface area contributed by atoms with E-state index in [1.54, 1.807) is 20.8 Å². The summed E-state index contributed by atoms with van der Waals surface area (Å²) >= 11 is 0. The van der Waals surface area contributed by atoms with E-state index in [9.17, 15) is 32.4 Å². The van der Waals surface area contributed by atoms with Crippen molar-refractivity contribution in [2.75, 3.05) is 12.3 Å². The van der Waals surface area contributed by atoms with Gasteiger partial charge < -0.3 is 26.2 Å². The van der Waals surface area contributed by atoms with Gasteiger partial charge in [-0.05, 0) is 75.5 Å². The Morgan fingerprint density at radius 1 is 0.918 bits per heavy atom. The summed E-state index contributed by atoms with van der Waals surface area (Å²) in [6.07, 6.45) is 6.97. The highest BCUT2D eigenvalue weighted by Gasteiger charge is 2.70. The van der Waals surface area contributed by atoms with Crippen LogP contribution in [0.3, 0.4) is 0 Å². The maximum absolute atomic E-state index is 14.5. The predicted molar refractivity (Wildman–Crippen MR) is 188 cm³/mol. The third-order valence-corrected chi connectivity index (χ3v) is 14.2. The Hall–Kier alpha value is -2.70. The van der Waals surface area contributed by atoms with E-state index in [0.717, 1.165) is 38.5 Å². The van der Waals surface area contributed by atoms with Crippen LogP contribution in [0, 0.1) is 22.7 Å². The highest BCUT2D eigenvalue weighted by molar-refractivity contribution is 7.92. The number of likely N-dealkylation sites (tertiary alicyclic amines) is 1. The second-order valence-electron chi connectivity index (χ2n) is 17.8. The minimum Gasteiger partial charge on any atom is -0.347 e. The number of unbranched alkanes of at least 4 members (excludes halogenated alkanes) is 1. The van der Waals surface area contributed by atoms with E-state index in [0.29, 0.717) is 32.2 Å². The van der Waals surface area contributed by atoms with Gasteiger partial charge in [-0.3, -0.25) is 19.2 Å².